The Morgan fingerprint density at radius 3 is 2.17 bits per heavy atom. The number of benzene rings is 2. The first-order chi connectivity index (χ1) is 13.8. The van der Waals surface area contributed by atoms with E-state index in [1.165, 1.54) is 6.07 Å². The van der Waals surface area contributed by atoms with Crippen molar-refractivity contribution in [3.63, 3.8) is 0 Å². The lowest BCUT2D eigenvalue weighted by Gasteiger charge is -2.14. The molecule has 0 radical (unpaired) electrons. The molecule has 0 aliphatic heterocycles. The molecule has 0 amide bonds. The van der Waals surface area contributed by atoms with Crippen LogP contribution in [0.1, 0.15) is 11.1 Å². The third-order valence-electron chi connectivity index (χ3n) is 3.89. The second-order valence-electron chi connectivity index (χ2n) is 6.02. The van der Waals surface area contributed by atoms with Crippen LogP contribution >= 0.6 is 0 Å². The van der Waals surface area contributed by atoms with Crippen LogP contribution < -0.4 is 24.8 Å². The molecule has 0 aliphatic rings. The molecule has 29 heavy (non-hydrogen) atoms. The van der Waals surface area contributed by atoms with E-state index in [2.05, 4.69) is 15.6 Å². The van der Waals surface area contributed by atoms with Crippen LogP contribution in [0.15, 0.2) is 47.5 Å². The highest BCUT2D eigenvalue weighted by atomic mass is 19.4. The lowest BCUT2D eigenvalue weighted by molar-refractivity contribution is -0.153. The summed E-state index contributed by atoms with van der Waals surface area (Å²) in [4.78, 5) is 4.14. The summed E-state index contributed by atoms with van der Waals surface area (Å²) in [7, 11) is 4.78. The van der Waals surface area contributed by atoms with Crippen molar-refractivity contribution in [3.05, 3.63) is 53.6 Å². The lowest BCUT2D eigenvalue weighted by atomic mass is 10.2. The van der Waals surface area contributed by atoms with Gasteiger partial charge in [0.1, 0.15) is 5.75 Å². The van der Waals surface area contributed by atoms with Crippen LogP contribution in [0.25, 0.3) is 0 Å². The number of halogens is 3. The molecule has 0 atom stereocenters. The molecule has 2 aromatic rings. The Bertz CT molecular complexity index is 826. The van der Waals surface area contributed by atoms with E-state index < -0.39 is 12.8 Å². The molecule has 0 saturated carbocycles. The molecule has 0 unspecified atom stereocenters. The average Bonchev–Trinajstić information content (AvgIpc) is 2.72. The number of guanidine groups is 1. The van der Waals surface area contributed by atoms with Crippen LogP contribution in [0.3, 0.4) is 0 Å². The zero-order valence-electron chi connectivity index (χ0n) is 16.5. The van der Waals surface area contributed by atoms with Crippen LogP contribution in [0.2, 0.25) is 0 Å². The highest BCUT2D eigenvalue weighted by Gasteiger charge is 2.28. The van der Waals surface area contributed by atoms with Crippen molar-refractivity contribution in [1.29, 1.82) is 0 Å². The monoisotopic (exact) mass is 411 g/mol. The highest BCUT2D eigenvalue weighted by molar-refractivity contribution is 5.79. The van der Waals surface area contributed by atoms with Gasteiger partial charge in [0.25, 0.3) is 0 Å². The summed E-state index contributed by atoms with van der Waals surface area (Å²) in [6, 6.07) is 12.1. The Morgan fingerprint density at radius 2 is 1.59 bits per heavy atom. The van der Waals surface area contributed by atoms with Gasteiger partial charge < -0.3 is 24.8 Å². The van der Waals surface area contributed by atoms with Crippen LogP contribution in [-0.2, 0) is 13.1 Å². The molecule has 9 heteroatoms. The minimum Gasteiger partial charge on any atom is -0.493 e. The van der Waals surface area contributed by atoms with Crippen molar-refractivity contribution in [2.75, 3.05) is 27.9 Å². The van der Waals surface area contributed by atoms with E-state index in [-0.39, 0.29) is 5.75 Å². The summed E-state index contributed by atoms with van der Waals surface area (Å²) in [5.41, 5.74) is 1.73. The second kappa shape index (κ2) is 10.4. The Morgan fingerprint density at radius 1 is 0.931 bits per heavy atom. The van der Waals surface area contributed by atoms with Gasteiger partial charge in [0, 0.05) is 20.1 Å². The summed E-state index contributed by atoms with van der Waals surface area (Å²) in [5, 5.41) is 6.28. The largest absolute Gasteiger partial charge is 0.493 e. The first-order valence-electron chi connectivity index (χ1n) is 8.78. The molecule has 0 fully saturated rings. The Balaban J connectivity index is 1.89. The highest BCUT2D eigenvalue weighted by Crippen LogP contribution is 2.27. The average molecular weight is 411 g/mol. The van der Waals surface area contributed by atoms with Gasteiger partial charge in [-0.05, 0) is 35.4 Å². The molecule has 0 aliphatic carbocycles. The Labute approximate surface area is 167 Å². The molecule has 2 aromatic carbocycles. The number of hydrogen-bond acceptors (Lipinski definition) is 4. The molecule has 0 saturated heterocycles. The van der Waals surface area contributed by atoms with Gasteiger partial charge in [-0.25, -0.2) is 0 Å². The number of aliphatic imine (C=N–C) groups is 1. The summed E-state index contributed by atoms with van der Waals surface area (Å²) in [5.74, 6) is 1.98. The van der Waals surface area contributed by atoms with Gasteiger partial charge in [-0.1, -0.05) is 18.2 Å². The molecule has 6 nitrogen and oxygen atoms in total. The van der Waals surface area contributed by atoms with E-state index in [1.807, 2.05) is 18.2 Å². The zero-order valence-corrected chi connectivity index (χ0v) is 16.5. The summed E-state index contributed by atoms with van der Waals surface area (Å²) < 4.78 is 52.1. The normalized spacial score (nSPS) is 11.7. The van der Waals surface area contributed by atoms with Crippen molar-refractivity contribution in [2.45, 2.75) is 19.3 Å². The lowest BCUT2D eigenvalue weighted by Crippen LogP contribution is -2.36. The quantitative estimate of drug-likeness (QED) is 0.514. The van der Waals surface area contributed by atoms with Crippen molar-refractivity contribution < 1.29 is 27.4 Å². The van der Waals surface area contributed by atoms with Gasteiger partial charge >= 0.3 is 6.18 Å². The molecule has 2 N–H and O–H groups in total. The van der Waals surface area contributed by atoms with E-state index >= 15 is 0 Å². The first-order valence-corrected chi connectivity index (χ1v) is 8.78. The summed E-state index contributed by atoms with van der Waals surface area (Å²) in [6.07, 6.45) is -4.37. The Kier molecular flexibility index (Phi) is 7.99. The van der Waals surface area contributed by atoms with Crippen LogP contribution in [-0.4, -0.2) is 40.0 Å². The van der Waals surface area contributed by atoms with Gasteiger partial charge in [0.05, 0.1) is 14.2 Å². The number of nitrogens with zero attached hydrogens (tertiary/aromatic N) is 1. The van der Waals surface area contributed by atoms with E-state index in [0.717, 1.165) is 11.1 Å². The maximum absolute atomic E-state index is 12.3. The molecular weight excluding hydrogens is 387 g/mol. The molecular formula is C20H24F3N3O3. The number of alkyl halides is 3. The molecule has 0 spiro atoms. The van der Waals surface area contributed by atoms with Crippen LogP contribution in [0, 0.1) is 0 Å². The van der Waals surface area contributed by atoms with Crippen LogP contribution in [0.4, 0.5) is 13.2 Å². The topological polar surface area (TPSA) is 64.1 Å². The fraction of sp³-hybridized carbons (Fsp3) is 0.350. The summed E-state index contributed by atoms with van der Waals surface area (Å²) >= 11 is 0. The van der Waals surface area contributed by atoms with Gasteiger partial charge in [-0.15, -0.1) is 0 Å². The van der Waals surface area contributed by atoms with E-state index in [4.69, 9.17) is 14.2 Å². The molecule has 0 aromatic heterocycles. The van der Waals surface area contributed by atoms with Crippen LogP contribution in [0.5, 0.6) is 17.2 Å². The third-order valence-corrected chi connectivity index (χ3v) is 3.89. The molecule has 0 bridgehead atoms. The fourth-order valence-corrected chi connectivity index (χ4v) is 2.49. The maximum atomic E-state index is 12.3. The Hall–Kier alpha value is -3.10. The van der Waals surface area contributed by atoms with Gasteiger partial charge in [-0.3, -0.25) is 4.99 Å². The van der Waals surface area contributed by atoms with Gasteiger partial charge in [0.2, 0.25) is 0 Å². The van der Waals surface area contributed by atoms with Crippen molar-refractivity contribution in [2.24, 2.45) is 4.99 Å². The standard InChI is InChI=1S/C20H24F3N3O3/c1-24-19(26-12-15-7-8-17(27-2)18(10-15)28-3)25-11-14-5-4-6-16(9-14)29-13-20(21,22)23/h4-10H,11-13H2,1-3H3,(H2,24,25,26). The fourth-order valence-electron chi connectivity index (χ4n) is 2.49. The van der Waals surface area contributed by atoms with E-state index in [1.54, 1.807) is 39.5 Å². The van der Waals surface area contributed by atoms with E-state index in [0.29, 0.717) is 30.5 Å². The summed E-state index contributed by atoms with van der Waals surface area (Å²) in [6.45, 7) is -0.456. The molecule has 2 rings (SSSR count). The number of methoxy groups -OCH3 is 2. The number of rotatable bonds is 8. The smallest absolute Gasteiger partial charge is 0.422 e. The number of nitrogens with one attached hydrogen (secondary N) is 2. The minimum atomic E-state index is -4.37. The molecule has 0 heterocycles. The number of hydrogen-bond donors (Lipinski definition) is 2. The first kappa shape index (κ1) is 22.2. The zero-order chi connectivity index (χ0) is 21.3. The SMILES string of the molecule is CN=C(NCc1cccc(OCC(F)(F)F)c1)NCc1ccc(OC)c(OC)c1. The predicted octanol–water partition coefficient (Wildman–Crippen LogP) is 3.51. The third kappa shape index (κ3) is 7.44. The van der Waals surface area contributed by atoms with Crippen molar-refractivity contribution >= 4 is 5.96 Å². The van der Waals surface area contributed by atoms with Gasteiger partial charge in [0.15, 0.2) is 24.1 Å². The van der Waals surface area contributed by atoms with E-state index in [9.17, 15) is 13.2 Å². The van der Waals surface area contributed by atoms with Crippen molar-refractivity contribution in [3.8, 4) is 17.2 Å². The molecule has 158 valence electrons. The van der Waals surface area contributed by atoms with Gasteiger partial charge in [-0.2, -0.15) is 13.2 Å². The number of ether oxygens (including phenoxy) is 3. The van der Waals surface area contributed by atoms with Crippen molar-refractivity contribution in [1.82, 2.24) is 10.6 Å². The maximum Gasteiger partial charge on any atom is 0.422 e. The minimum absolute atomic E-state index is 0.162. The predicted molar refractivity (Wildman–Crippen MR) is 105 cm³/mol. The second-order valence-corrected chi connectivity index (χ2v) is 6.02.